The van der Waals surface area contributed by atoms with Crippen LogP contribution in [-0.2, 0) is 4.79 Å². The monoisotopic (exact) mass is 414 g/mol. The first kappa shape index (κ1) is 17.4. The fourth-order valence-corrected chi connectivity index (χ4v) is 5.19. The molecule has 0 N–H and O–H groups in total. The average molecular weight is 415 g/mol. The van der Waals surface area contributed by atoms with Gasteiger partial charge in [0.2, 0.25) is 0 Å². The van der Waals surface area contributed by atoms with Crippen LogP contribution in [0, 0.1) is 0 Å². The van der Waals surface area contributed by atoms with Gasteiger partial charge in [0.15, 0.2) is 4.32 Å². The Kier molecular flexibility index (Phi) is 4.91. The van der Waals surface area contributed by atoms with Crippen molar-refractivity contribution < 1.29 is 4.79 Å². The molecular formula is C19H11ClN2OS3. The molecular weight excluding hydrogens is 404 g/mol. The highest BCUT2D eigenvalue weighted by molar-refractivity contribution is 8.27. The quantitative estimate of drug-likeness (QED) is 0.396. The number of pyridine rings is 1. The second-order valence-electron chi connectivity index (χ2n) is 5.41. The van der Waals surface area contributed by atoms with Crippen molar-refractivity contribution in [2.75, 3.05) is 4.90 Å². The number of aromatic nitrogens is 1. The molecule has 128 valence electrons. The minimum absolute atomic E-state index is 0.124. The Morgan fingerprint density at radius 3 is 2.73 bits per heavy atom. The van der Waals surface area contributed by atoms with E-state index >= 15 is 0 Å². The zero-order chi connectivity index (χ0) is 18.1. The second kappa shape index (κ2) is 7.32. The summed E-state index contributed by atoms with van der Waals surface area (Å²) in [7, 11) is 0. The molecule has 0 saturated carbocycles. The molecule has 1 aromatic carbocycles. The Morgan fingerprint density at radius 2 is 1.96 bits per heavy atom. The first-order chi connectivity index (χ1) is 12.6. The maximum Gasteiger partial charge on any atom is 0.270 e. The highest BCUT2D eigenvalue weighted by Crippen LogP contribution is 2.38. The van der Waals surface area contributed by atoms with E-state index in [-0.39, 0.29) is 5.91 Å². The Labute approximate surface area is 169 Å². The standard InChI is InChI=1S/C19H11ClN2OS3/c20-15-6-2-1-5-14(15)16-8-7-13(25-16)10-17-18(23)22(19(24)26-17)12-4-3-9-21-11-12/h1-11H/b17-10-. The number of hydrogen-bond donors (Lipinski definition) is 0. The van der Waals surface area contributed by atoms with Crippen LogP contribution < -0.4 is 4.90 Å². The SMILES string of the molecule is O=C1/C(=C/c2ccc(-c3ccccc3Cl)s2)SC(=S)N1c1cccnc1. The highest BCUT2D eigenvalue weighted by atomic mass is 35.5. The van der Waals surface area contributed by atoms with Gasteiger partial charge in [-0.05, 0) is 36.4 Å². The van der Waals surface area contributed by atoms with E-state index in [1.54, 1.807) is 29.8 Å². The first-order valence-electron chi connectivity index (χ1n) is 7.66. The van der Waals surface area contributed by atoms with E-state index in [9.17, 15) is 4.79 Å². The van der Waals surface area contributed by atoms with Gasteiger partial charge in [-0.3, -0.25) is 14.7 Å². The number of halogens is 1. The minimum Gasteiger partial charge on any atom is -0.268 e. The molecule has 0 spiro atoms. The first-order valence-corrected chi connectivity index (χ1v) is 10.1. The molecule has 0 radical (unpaired) electrons. The van der Waals surface area contributed by atoms with Crippen LogP contribution in [0.25, 0.3) is 16.5 Å². The lowest BCUT2D eigenvalue weighted by atomic mass is 10.2. The van der Waals surface area contributed by atoms with Crippen LogP contribution in [0.1, 0.15) is 4.88 Å². The molecule has 0 aliphatic carbocycles. The summed E-state index contributed by atoms with van der Waals surface area (Å²) in [5.41, 5.74) is 1.67. The maximum absolute atomic E-state index is 12.8. The Morgan fingerprint density at radius 1 is 1.12 bits per heavy atom. The van der Waals surface area contributed by atoms with E-state index in [1.165, 1.54) is 16.7 Å². The van der Waals surface area contributed by atoms with Gasteiger partial charge in [-0.1, -0.05) is 53.8 Å². The number of anilines is 1. The van der Waals surface area contributed by atoms with Crippen LogP contribution in [0.5, 0.6) is 0 Å². The van der Waals surface area contributed by atoms with Crippen LogP contribution >= 0.6 is 46.9 Å². The van der Waals surface area contributed by atoms with E-state index in [2.05, 4.69) is 4.98 Å². The third-order valence-electron chi connectivity index (χ3n) is 3.74. The largest absolute Gasteiger partial charge is 0.270 e. The predicted molar refractivity (Wildman–Crippen MR) is 115 cm³/mol. The zero-order valence-corrected chi connectivity index (χ0v) is 16.5. The van der Waals surface area contributed by atoms with Crippen LogP contribution in [0.3, 0.4) is 0 Å². The molecule has 1 aliphatic heterocycles. The summed E-state index contributed by atoms with van der Waals surface area (Å²) in [4.78, 5) is 21.0. The summed E-state index contributed by atoms with van der Waals surface area (Å²) in [6.45, 7) is 0. The van der Waals surface area contributed by atoms with Crippen LogP contribution in [-0.4, -0.2) is 15.2 Å². The van der Waals surface area contributed by atoms with Gasteiger partial charge in [0.05, 0.1) is 16.8 Å². The number of rotatable bonds is 3. The van der Waals surface area contributed by atoms with Gasteiger partial charge < -0.3 is 0 Å². The fourth-order valence-electron chi connectivity index (χ4n) is 2.54. The number of thiophene rings is 1. The Hall–Kier alpha value is -1.99. The van der Waals surface area contributed by atoms with E-state index in [0.29, 0.717) is 19.9 Å². The van der Waals surface area contributed by atoms with Crippen molar-refractivity contribution in [2.24, 2.45) is 0 Å². The summed E-state index contributed by atoms with van der Waals surface area (Å²) >= 11 is 14.5. The number of benzene rings is 1. The van der Waals surface area contributed by atoms with Crippen molar-refractivity contribution in [3.05, 3.63) is 75.7 Å². The van der Waals surface area contributed by atoms with E-state index in [4.69, 9.17) is 23.8 Å². The van der Waals surface area contributed by atoms with Crippen LogP contribution in [0.15, 0.2) is 65.8 Å². The molecule has 1 amide bonds. The van der Waals surface area contributed by atoms with Crippen molar-refractivity contribution in [3.8, 4) is 10.4 Å². The van der Waals surface area contributed by atoms with Gasteiger partial charge in [0, 0.05) is 26.5 Å². The highest BCUT2D eigenvalue weighted by Gasteiger charge is 2.33. The van der Waals surface area contributed by atoms with Crippen molar-refractivity contribution in [2.45, 2.75) is 0 Å². The van der Waals surface area contributed by atoms with Crippen LogP contribution in [0.2, 0.25) is 5.02 Å². The van der Waals surface area contributed by atoms with Crippen molar-refractivity contribution in [3.63, 3.8) is 0 Å². The molecule has 4 rings (SSSR count). The minimum atomic E-state index is -0.124. The lowest BCUT2D eigenvalue weighted by Crippen LogP contribution is -2.27. The van der Waals surface area contributed by atoms with Gasteiger partial charge in [0.1, 0.15) is 0 Å². The number of amides is 1. The summed E-state index contributed by atoms with van der Waals surface area (Å²) in [6.07, 6.45) is 5.17. The molecule has 3 heterocycles. The third kappa shape index (κ3) is 3.33. The Balaban J connectivity index is 1.63. The number of nitrogens with zero attached hydrogens (tertiary/aromatic N) is 2. The fraction of sp³-hybridized carbons (Fsp3) is 0. The summed E-state index contributed by atoms with van der Waals surface area (Å²) in [5, 5.41) is 0.712. The average Bonchev–Trinajstić information content (AvgIpc) is 3.21. The summed E-state index contributed by atoms with van der Waals surface area (Å²) < 4.78 is 0.511. The molecule has 3 nitrogen and oxygen atoms in total. The second-order valence-corrected chi connectivity index (χ2v) is 8.61. The molecule has 7 heteroatoms. The van der Waals surface area contributed by atoms with Crippen LogP contribution in [0.4, 0.5) is 5.69 Å². The van der Waals surface area contributed by atoms with Gasteiger partial charge in [0.25, 0.3) is 5.91 Å². The van der Waals surface area contributed by atoms with Gasteiger partial charge in [-0.15, -0.1) is 11.3 Å². The maximum atomic E-state index is 12.8. The molecule has 1 fully saturated rings. The van der Waals surface area contributed by atoms with Gasteiger partial charge >= 0.3 is 0 Å². The van der Waals surface area contributed by atoms with Crippen molar-refractivity contribution in [1.29, 1.82) is 0 Å². The predicted octanol–water partition coefficient (Wildman–Crippen LogP) is 5.87. The van der Waals surface area contributed by atoms with Gasteiger partial charge in [-0.25, -0.2) is 0 Å². The van der Waals surface area contributed by atoms with Gasteiger partial charge in [-0.2, -0.15) is 0 Å². The third-order valence-corrected chi connectivity index (χ3v) is 6.43. The molecule has 1 aliphatic rings. The molecule has 0 bridgehead atoms. The summed E-state index contributed by atoms with van der Waals surface area (Å²) in [5.74, 6) is -0.124. The zero-order valence-electron chi connectivity index (χ0n) is 13.3. The topological polar surface area (TPSA) is 33.2 Å². The number of thiocarbonyl (C=S) groups is 1. The number of thioether (sulfide) groups is 1. The number of hydrogen-bond acceptors (Lipinski definition) is 5. The molecule has 0 atom stereocenters. The number of carbonyl (C=O) groups is 1. The molecule has 0 unspecified atom stereocenters. The number of carbonyl (C=O) groups excluding carboxylic acids is 1. The normalized spacial score (nSPS) is 15.9. The lowest BCUT2D eigenvalue weighted by molar-refractivity contribution is -0.113. The van der Waals surface area contributed by atoms with E-state index < -0.39 is 0 Å². The van der Waals surface area contributed by atoms with Crippen molar-refractivity contribution in [1.82, 2.24) is 4.98 Å². The molecule has 3 aromatic rings. The molecule has 26 heavy (non-hydrogen) atoms. The summed E-state index contributed by atoms with van der Waals surface area (Å²) in [6, 6.07) is 15.3. The molecule has 2 aromatic heterocycles. The van der Waals surface area contributed by atoms with Crippen molar-refractivity contribution >= 4 is 68.9 Å². The van der Waals surface area contributed by atoms with E-state index in [1.807, 2.05) is 48.5 Å². The Bertz CT molecular complexity index is 1030. The smallest absolute Gasteiger partial charge is 0.268 e. The van der Waals surface area contributed by atoms with E-state index in [0.717, 1.165) is 15.3 Å². The lowest BCUT2D eigenvalue weighted by Gasteiger charge is -2.13. The molecule has 1 saturated heterocycles.